The van der Waals surface area contributed by atoms with Crippen LogP contribution in [0.3, 0.4) is 0 Å². The number of hydrogen-bond acceptors (Lipinski definition) is 8. The standard InChI is InChI=1S/C34H33N3O5S3/c1-21(30(38)37-33-29(34(41)42-2)26-14-7-4-8-15-28(26)45-33)44-25-13-9-12-24(19-25)35-32(40)27(18-22-16-17-43-20-22)36-31(39)23-10-5-3-6-11-23/h3,5-6,9-13,16-21H,4,7-8,14-15H2,1-2H3,(H,35,40)(H,36,39)(H,37,38)/b27-18-. The van der Waals surface area contributed by atoms with E-state index >= 15 is 0 Å². The summed E-state index contributed by atoms with van der Waals surface area (Å²) >= 11 is 4.28. The third-order valence-corrected chi connectivity index (χ3v) is 10.2. The summed E-state index contributed by atoms with van der Waals surface area (Å²) in [4.78, 5) is 54.1. The highest BCUT2D eigenvalue weighted by Gasteiger charge is 2.27. The predicted octanol–water partition coefficient (Wildman–Crippen LogP) is 7.39. The number of carbonyl (C=O) groups excluding carboxylic acids is 4. The van der Waals surface area contributed by atoms with Crippen LogP contribution in [0.5, 0.6) is 0 Å². The Labute approximate surface area is 274 Å². The Bertz CT molecular complexity index is 1710. The minimum atomic E-state index is -0.498. The normalized spacial score (nSPS) is 13.6. The summed E-state index contributed by atoms with van der Waals surface area (Å²) in [5.74, 6) is -1.54. The molecule has 3 amide bonds. The largest absolute Gasteiger partial charge is 0.465 e. The molecule has 2 aromatic carbocycles. The SMILES string of the molecule is COC(=O)c1c(NC(=O)C(C)Sc2cccc(NC(=O)/C(=C/c3ccsc3)NC(=O)c3ccccc3)c2)sc2c1CCCCC2. The lowest BCUT2D eigenvalue weighted by Gasteiger charge is -2.14. The lowest BCUT2D eigenvalue weighted by Crippen LogP contribution is -2.30. The number of amides is 3. The van der Waals surface area contributed by atoms with Crippen LogP contribution >= 0.6 is 34.4 Å². The van der Waals surface area contributed by atoms with Gasteiger partial charge in [0.1, 0.15) is 10.7 Å². The number of ether oxygens (including phenoxy) is 1. The maximum atomic E-state index is 13.4. The van der Waals surface area contributed by atoms with E-state index in [1.807, 2.05) is 29.0 Å². The molecular weight excluding hydrogens is 627 g/mol. The highest BCUT2D eigenvalue weighted by molar-refractivity contribution is 8.00. The molecule has 8 nitrogen and oxygen atoms in total. The van der Waals surface area contributed by atoms with Crippen molar-refractivity contribution in [2.24, 2.45) is 0 Å². The number of benzene rings is 2. The van der Waals surface area contributed by atoms with Crippen molar-refractivity contribution in [3.05, 3.63) is 104 Å². The Morgan fingerprint density at radius 3 is 2.51 bits per heavy atom. The molecule has 0 saturated carbocycles. The summed E-state index contributed by atoms with van der Waals surface area (Å²) < 4.78 is 5.06. The number of anilines is 2. The highest BCUT2D eigenvalue weighted by atomic mass is 32.2. The molecule has 3 N–H and O–H groups in total. The number of methoxy groups -OCH3 is 1. The van der Waals surface area contributed by atoms with E-state index in [9.17, 15) is 19.2 Å². The quantitative estimate of drug-likeness (QED) is 0.0708. The first kappa shape index (κ1) is 32.2. The molecule has 11 heteroatoms. The number of hydrogen-bond donors (Lipinski definition) is 3. The maximum absolute atomic E-state index is 13.4. The van der Waals surface area contributed by atoms with Crippen LogP contribution in [0, 0.1) is 0 Å². The molecule has 5 rings (SSSR count). The number of thiophene rings is 2. The summed E-state index contributed by atoms with van der Waals surface area (Å²) in [5, 5.41) is 12.4. The van der Waals surface area contributed by atoms with E-state index in [1.165, 1.54) is 41.5 Å². The van der Waals surface area contributed by atoms with Crippen molar-refractivity contribution in [1.82, 2.24) is 5.32 Å². The number of aryl methyl sites for hydroxylation is 1. The van der Waals surface area contributed by atoms with Gasteiger partial charge in [-0.05, 0) is 97.0 Å². The van der Waals surface area contributed by atoms with Gasteiger partial charge in [0.15, 0.2) is 0 Å². The van der Waals surface area contributed by atoms with Gasteiger partial charge in [0.2, 0.25) is 5.91 Å². The maximum Gasteiger partial charge on any atom is 0.341 e. The lowest BCUT2D eigenvalue weighted by molar-refractivity contribution is -0.115. The Kier molecular flexibility index (Phi) is 10.9. The van der Waals surface area contributed by atoms with Crippen LogP contribution in [0.15, 0.2) is 82.0 Å². The van der Waals surface area contributed by atoms with Crippen molar-refractivity contribution in [3.63, 3.8) is 0 Å². The van der Waals surface area contributed by atoms with Crippen molar-refractivity contribution in [3.8, 4) is 0 Å². The number of nitrogens with one attached hydrogen (secondary N) is 3. The second kappa shape index (κ2) is 15.2. The van der Waals surface area contributed by atoms with Gasteiger partial charge in [-0.25, -0.2) is 4.79 Å². The van der Waals surface area contributed by atoms with E-state index in [2.05, 4.69) is 16.0 Å². The third-order valence-electron chi connectivity index (χ3n) is 7.20. The number of carbonyl (C=O) groups is 4. The van der Waals surface area contributed by atoms with Crippen molar-refractivity contribution >= 4 is 74.9 Å². The molecule has 45 heavy (non-hydrogen) atoms. The number of rotatable bonds is 10. The minimum Gasteiger partial charge on any atom is -0.465 e. The van der Waals surface area contributed by atoms with Crippen molar-refractivity contribution < 1.29 is 23.9 Å². The Balaban J connectivity index is 1.27. The van der Waals surface area contributed by atoms with Crippen molar-refractivity contribution in [2.45, 2.75) is 49.2 Å². The van der Waals surface area contributed by atoms with E-state index in [4.69, 9.17) is 4.74 Å². The lowest BCUT2D eigenvalue weighted by atomic mass is 10.1. The molecule has 0 bridgehead atoms. The fourth-order valence-electron chi connectivity index (χ4n) is 4.93. The average molecular weight is 660 g/mol. The topological polar surface area (TPSA) is 114 Å². The van der Waals surface area contributed by atoms with E-state index in [0.29, 0.717) is 21.8 Å². The van der Waals surface area contributed by atoms with Crippen LogP contribution in [-0.2, 0) is 27.2 Å². The molecule has 0 radical (unpaired) electrons. The van der Waals surface area contributed by atoms with Gasteiger partial charge in [-0.3, -0.25) is 14.4 Å². The summed E-state index contributed by atoms with van der Waals surface area (Å²) in [6.07, 6.45) is 6.50. The van der Waals surface area contributed by atoms with Crippen LogP contribution < -0.4 is 16.0 Å². The summed E-state index contributed by atoms with van der Waals surface area (Å²) in [7, 11) is 1.36. The first-order valence-corrected chi connectivity index (χ1v) is 17.2. The fraction of sp³-hybridized carbons (Fsp3) is 0.235. The van der Waals surface area contributed by atoms with Gasteiger partial charge in [0, 0.05) is 21.0 Å². The number of esters is 1. The Morgan fingerprint density at radius 2 is 1.76 bits per heavy atom. The summed E-state index contributed by atoms with van der Waals surface area (Å²) in [6.45, 7) is 1.79. The van der Waals surface area contributed by atoms with E-state index in [0.717, 1.165) is 53.0 Å². The summed E-state index contributed by atoms with van der Waals surface area (Å²) in [5.41, 5.74) is 3.31. The van der Waals surface area contributed by atoms with E-state index in [-0.39, 0.29) is 11.6 Å². The van der Waals surface area contributed by atoms with Crippen LogP contribution in [0.2, 0.25) is 0 Å². The van der Waals surface area contributed by atoms with Crippen LogP contribution in [0.1, 0.15) is 62.9 Å². The number of thioether (sulfide) groups is 1. The molecule has 2 heterocycles. The molecule has 1 unspecified atom stereocenters. The fourth-order valence-corrected chi connectivity index (χ4v) is 7.76. The molecular formula is C34H33N3O5S3. The Morgan fingerprint density at radius 1 is 0.956 bits per heavy atom. The molecule has 2 aromatic heterocycles. The van der Waals surface area contributed by atoms with Gasteiger partial charge in [0.05, 0.1) is 17.9 Å². The second-order valence-corrected chi connectivity index (χ2v) is 13.7. The van der Waals surface area contributed by atoms with Gasteiger partial charge in [0.25, 0.3) is 11.8 Å². The molecule has 1 atom stereocenters. The molecule has 1 aliphatic carbocycles. The molecule has 232 valence electrons. The summed E-state index contributed by atoms with van der Waals surface area (Å²) in [6, 6.07) is 17.7. The van der Waals surface area contributed by atoms with E-state index < -0.39 is 23.0 Å². The van der Waals surface area contributed by atoms with Gasteiger partial charge < -0.3 is 20.7 Å². The van der Waals surface area contributed by atoms with Crippen molar-refractivity contribution in [2.75, 3.05) is 17.7 Å². The predicted molar refractivity (Wildman–Crippen MR) is 182 cm³/mol. The van der Waals surface area contributed by atoms with Crippen LogP contribution in [-0.4, -0.2) is 36.1 Å². The highest BCUT2D eigenvalue weighted by Crippen LogP contribution is 2.38. The molecule has 0 spiro atoms. The Hall–Kier alpha value is -4.19. The molecule has 0 saturated heterocycles. The molecule has 1 aliphatic rings. The monoisotopic (exact) mass is 659 g/mol. The zero-order chi connectivity index (χ0) is 31.8. The smallest absolute Gasteiger partial charge is 0.341 e. The minimum absolute atomic E-state index is 0.101. The van der Waals surface area contributed by atoms with Crippen LogP contribution in [0.25, 0.3) is 6.08 Å². The molecule has 0 aliphatic heterocycles. The first-order valence-electron chi connectivity index (χ1n) is 14.5. The van der Waals surface area contributed by atoms with Gasteiger partial charge in [-0.2, -0.15) is 11.3 Å². The van der Waals surface area contributed by atoms with Gasteiger partial charge in [-0.1, -0.05) is 30.7 Å². The second-order valence-electron chi connectivity index (χ2n) is 10.4. The zero-order valence-electron chi connectivity index (χ0n) is 24.9. The third kappa shape index (κ3) is 8.30. The average Bonchev–Trinajstić information content (AvgIpc) is 3.61. The number of fused-ring (bicyclic) bond motifs is 1. The van der Waals surface area contributed by atoms with Gasteiger partial charge in [-0.15, -0.1) is 23.1 Å². The van der Waals surface area contributed by atoms with E-state index in [1.54, 1.807) is 55.5 Å². The zero-order valence-corrected chi connectivity index (χ0v) is 27.3. The van der Waals surface area contributed by atoms with Crippen LogP contribution in [0.4, 0.5) is 10.7 Å². The molecule has 4 aromatic rings. The first-order chi connectivity index (χ1) is 21.8. The van der Waals surface area contributed by atoms with Gasteiger partial charge >= 0.3 is 5.97 Å². The molecule has 0 fully saturated rings. The van der Waals surface area contributed by atoms with Crippen molar-refractivity contribution in [1.29, 1.82) is 0 Å².